The standard InChI is InChI=1S/C13H11N5O/c14-10-3-1-2-9(6-10)7-12-17-13(18-19-12)11-4-5-15-8-16-11/h1-6,8H,7,14H2. The molecule has 19 heavy (non-hydrogen) atoms. The molecule has 1 aromatic carbocycles. The third-order valence-corrected chi connectivity index (χ3v) is 2.59. The number of aromatic nitrogens is 4. The Hall–Kier alpha value is -2.76. The molecule has 0 atom stereocenters. The number of nitrogens with zero attached hydrogens (tertiary/aromatic N) is 4. The fourth-order valence-corrected chi connectivity index (χ4v) is 1.73. The van der Waals surface area contributed by atoms with Crippen molar-refractivity contribution in [2.45, 2.75) is 6.42 Å². The molecule has 6 nitrogen and oxygen atoms in total. The van der Waals surface area contributed by atoms with Gasteiger partial charge in [-0.3, -0.25) is 0 Å². The predicted octanol–water partition coefficient (Wildman–Crippen LogP) is 1.70. The van der Waals surface area contributed by atoms with E-state index in [0.29, 0.717) is 29.5 Å². The molecule has 0 unspecified atom stereocenters. The Bertz CT molecular complexity index is 680. The van der Waals surface area contributed by atoms with E-state index < -0.39 is 0 Å². The van der Waals surface area contributed by atoms with Crippen molar-refractivity contribution >= 4 is 5.69 Å². The third-order valence-electron chi connectivity index (χ3n) is 2.59. The summed E-state index contributed by atoms with van der Waals surface area (Å²) < 4.78 is 5.20. The summed E-state index contributed by atoms with van der Waals surface area (Å²) in [5, 5.41) is 3.90. The van der Waals surface area contributed by atoms with Gasteiger partial charge in [-0.1, -0.05) is 17.3 Å². The summed E-state index contributed by atoms with van der Waals surface area (Å²) in [6.45, 7) is 0. The quantitative estimate of drug-likeness (QED) is 0.714. The number of hydrogen-bond donors (Lipinski definition) is 1. The van der Waals surface area contributed by atoms with Gasteiger partial charge in [-0.05, 0) is 23.8 Å². The van der Waals surface area contributed by atoms with Crippen LogP contribution < -0.4 is 5.73 Å². The molecular formula is C13H11N5O. The van der Waals surface area contributed by atoms with Crippen molar-refractivity contribution in [3.63, 3.8) is 0 Å². The average molecular weight is 253 g/mol. The number of rotatable bonds is 3. The zero-order valence-corrected chi connectivity index (χ0v) is 10.0. The molecule has 2 aromatic heterocycles. The van der Waals surface area contributed by atoms with Crippen LogP contribution in [0.25, 0.3) is 11.5 Å². The lowest BCUT2D eigenvalue weighted by Gasteiger charge is -1.97. The van der Waals surface area contributed by atoms with E-state index in [1.165, 1.54) is 6.33 Å². The lowest BCUT2D eigenvalue weighted by molar-refractivity contribution is 0.385. The minimum absolute atomic E-state index is 0.460. The molecule has 0 bridgehead atoms. The van der Waals surface area contributed by atoms with E-state index in [1.54, 1.807) is 12.3 Å². The van der Waals surface area contributed by atoms with E-state index in [1.807, 2.05) is 24.3 Å². The van der Waals surface area contributed by atoms with Crippen molar-refractivity contribution in [3.8, 4) is 11.5 Å². The molecule has 6 heteroatoms. The minimum Gasteiger partial charge on any atom is -0.399 e. The number of nitrogens with two attached hydrogens (primary N) is 1. The second-order valence-electron chi connectivity index (χ2n) is 4.03. The van der Waals surface area contributed by atoms with Gasteiger partial charge in [-0.2, -0.15) is 4.98 Å². The highest BCUT2D eigenvalue weighted by Gasteiger charge is 2.10. The van der Waals surface area contributed by atoms with Crippen molar-refractivity contribution < 1.29 is 4.52 Å². The highest BCUT2D eigenvalue weighted by Crippen LogP contribution is 2.15. The van der Waals surface area contributed by atoms with Gasteiger partial charge in [0.25, 0.3) is 0 Å². The summed E-state index contributed by atoms with van der Waals surface area (Å²) in [5.41, 5.74) is 8.10. The number of nitrogen functional groups attached to an aromatic ring is 1. The van der Waals surface area contributed by atoms with Gasteiger partial charge < -0.3 is 10.3 Å². The van der Waals surface area contributed by atoms with Gasteiger partial charge in [0.15, 0.2) is 0 Å². The van der Waals surface area contributed by atoms with Crippen LogP contribution in [-0.2, 0) is 6.42 Å². The normalized spacial score (nSPS) is 10.5. The molecule has 0 saturated heterocycles. The molecule has 0 amide bonds. The molecule has 3 aromatic rings. The van der Waals surface area contributed by atoms with Crippen molar-refractivity contribution in [2.75, 3.05) is 5.73 Å². The fraction of sp³-hybridized carbons (Fsp3) is 0.0769. The first-order chi connectivity index (χ1) is 9.31. The molecule has 0 aliphatic carbocycles. The molecule has 0 fully saturated rings. The molecule has 2 heterocycles. The average Bonchev–Trinajstić information content (AvgIpc) is 2.88. The molecular weight excluding hydrogens is 242 g/mol. The summed E-state index contributed by atoms with van der Waals surface area (Å²) in [7, 11) is 0. The van der Waals surface area contributed by atoms with Crippen LogP contribution >= 0.6 is 0 Å². The second kappa shape index (κ2) is 4.85. The molecule has 94 valence electrons. The van der Waals surface area contributed by atoms with Gasteiger partial charge in [0, 0.05) is 11.9 Å². The van der Waals surface area contributed by atoms with Gasteiger partial charge >= 0.3 is 0 Å². The highest BCUT2D eigenvalue weighted by molar-refractivity contribution is 5.46. The third kappa shape index (κ3) is 2.57. The van der Waals surface area contributed by atoms with Crippen LogP contribution in [0.2, 0.25) is 0 Å². The Labute approximate surface area is 109 Å². The van der Waals surface area contributed by atoms with Crippen LogP contribution in [0, 0.1) is 0 Å². The van der Waals surface area contributed by atoms with E-state index in [9.17, 15) is 0 Å². The summed E-state index contributed by atoms with van der Waals surface area (Å²) in [4.78, 5) is 12.2. The highest BCUT2D eigenvalue weighted by atomic mass is 16.5. The Morgan fingerprint density at radius 3 is 2.95 bits per heavy atom. The van der Waals surface area contributed by atoms with Crippen molar-refractivity contribution in [1.29, 1.82) is 0 Å². The number of anilines is 1. The maximum Gasteiger partial charge on any atom is 0.231 e. The number of hydrogen-bond acceptors (Lipinski definition) is 6. The predicted molar refractivity (Wildman–Crippen MR) is 69.0 cm³/mol. The fourth-order valence-electron chi connectivity index (χ4n) is 1.73. The summed E-state index contributed by atoms with van der Waals surface area (Å²) >= 11 is 0. The van der Waals surface area contributed by atoms with Crippen molar-refractivity contribution in [3.05, 3.63) is 54.3 Å². The molecule has 0 saturated carbocycles. The summed E-state index contributed by atoms with van der Waals surface area (Å²) in [5.74, 6) is 0.987. The molecule has 0 aliphatic heterocycles. The van der Waals surface area contributed by atoms with E-state index >= 15 is 0 Å². The Kier molecular flexibility index (Phi) is 2.89. The molecule has 0 radical (unpaired) electrons. The van der Waals surface area contributed by atoms with Crippen LogP contribution in [0.3, 0.4) is 0 Å². The van der Waals surface area contributed by atoms with Gasteiger partial charge in [0.2, 0.25) is 11.7 Å². The lowest BCUT2D eigenvalue weighted by atomic mass is 10.1. The smallest absolute Gasteiger partial charge is 0.231 e. The summed E-state index contributed by atoms with van der Waals surface area (Å²) in [6, 6.07) is 9.31. The van der Waals surface area contributed by atoms with E-state index in [-0.39, 0.29) is 0 Å². The van der Waals surface area contributed by atoms with Crippen molar-refractivity contribution in [1.82, 2.24) is 20.1 Å². The van der Waals surface area contributed by atoms with Gasteiger partial charge in [0.1, 0.15) is 12.0 Å². The maximum absolute atomic E-state index is 5.72. The first kappa shape index (κ1) is 11.3. The van der Waals surface area contributed by atoms with Crippen molar-refractivity contribution in [2.24, 2.45) is 0 Å². The van der Waals surface area contributed by atoms with Gasteiger partial charge in [0.05, 0.1) is 6.42 Å². The van der Waals surface area contributed by atoms with E-state index in [0.717, 1.165) is 5.56 Å². The van der Waals surface area contributed by atoms with Crippen LogP contribution in [0.4, 0.5) is 5.69 Å². The molecule has 0 aliphatic rings. The van der Waals surface area contributed by atoms with E-state index in [2.05, 4.69) is 20.1 Å². The minimum atomic E-state index is 0.460. The first-order valence-corrected chi connectivity index (χ1v) is 5.74. The molecule has 2 N–H and O–H groups in total. The van der Waals surface area contributed by atoms with Gasteiger partial charge in [-0.15, -0.1) is 0 Å². The zero-order chi connectivity index (χ0) is 13.1. The van der Waals surface area contributed by atoms with Gasteiger partial charge in [-0.25, -0.2) is 9.97 Å². The van der Waals surface area contributed by atoms with Crippen LogP contribution in [-0.4, -0.2) is 20.1 Å². The summed E-state index contributed by atoms with van der Waals surface area (Å²) in [6.07, 6.45) is 3.63. The van der Waals surface area contributed by atoms with Crippen LogP contribution in [0.15, 0.2) is 47.4 Å². The topological polar surface area (TPSA) is 90.7 Å². The maximum atomic E-state index is 5.72. The Balaban J connectivity index is 1.82. The molecule has 3 rings (SSSR count). The molecule has 0 spiro atoms. The monoisotopic (exact) mass is 253 g/mol. The first-order valence-electron chi connectivity index (χ1n) is 5.74. The van der Waals surface area contributed by atoms with Crippen LogP contribution in [0.1, 0.15) is 11.5 Å². The lowest BCUT2D eigenvalue weighted by Crippen LogP contribution is -1.91. The SMILES string of the molecule is Nc1cccc(Cc2nc(-c3ccncn3)no2)c1. The largest absolute Gasteiger partial charge is 0.399 e. The number of benzene rings is 1. The zero-order valence-electron chi connectivity index (χ0n) is 10.0. The van der Waals surface area contributed by atoms with E-state index in [4.69, 9.17) is 10.3 Å². The van der Waals surface area contributed by atoms with Crippen LogP contribution in [0.5, 0.6) is 0 Å². The second-order valence-corrected chi connectivity index (χ2v) is 4.03. The Morgan fingerprint density at radius 2 is 2.16 bits per heavy atom. The Morgan fingerprint density at radius 1 is 1.21 bits per heavy atom.